The molecule has 0 aliphatic heterocycles. The Morgan fingerprint density at radius 2 is 2.15 bits per heavy atom. The van der Waals surface area contributed by atoms with Crippen LogP contribution in [0.5, 0.6) is 0 Å². The number of halogens is 3. The molecule has 0 spiro atoms. The third kappa shape index (κ3) is 3.62. The first-order chi connectivity index (χ1) is 12.3. The molecule has 1 fully saturated rings. The molecule has 1 aliphatic rings. The summed E-state index contributed by atoms with van der Waals surface area (Å²) in [6, 6.07) is 4.90. The second kappa shape index (κ2) is 7.38. The number of nitrogens with one attached hydrogen (secondary N) is 1. The van der Waals surface area contributed by atoms with Crippen LogP contribution >= 0.6 is 27.5 Å². The van der Waals surface area contributed by atoms with Crippen molar-refractivity contribution in [2.75, 3.05) is 12.4 Å². The molecule has 0 radical (unpaired) electrons. The second-order valence-electron chi connectivity index (χ2n) is 5.94. The summed E-state index contributed by atoms with van der Waals surface area (Å²) < 4.78 is 16.5. The van der Waals surface area contributed by atoms with Crippen LogP contribution in [0.2, 0.25) is 5.02 Å². The molecule has 1 aromatic heterocycles. The molecule has 0 atom stereocenters. The van der Waals surface area contributed by atoms with Crippen molar-refractivity contribution >= 4 is 44.8 Å². The van der Waals surface area contributed by atoms with E-state index in [9.17, 15) is 14.0 Å². The van der Waals surface area contributed by atoms with Crippen molar-refractivity contribution in [3.8, 4) is 0 Å². The van der Waals surface area contributed by atoms with E-state index in [4.69, 9.17) is 16.4 Å². The molecule has 1 amide bonds. The van der Waals surface area contributed by atoms with Gasteiger partial charge in [0, 0.05) is 17.7 Å². The van der Waals surface area contributed by atoms with Gasteiger partial charge in [0.15, 0.2) is 0 Å². The lowest BCUT2D eigenvalue weighted by Crippen LogP contribution is -2.34. The van der Waals surface area contributed by atoms with Crippen molar-refractivity contribution in [1.82, 2.24) is 9.63 Å². The van der Waals surface area contributed by atoms with E-state index in [1.807, 2.05) is 0 Å². The highest BCUT2D eigenvalue weighted by molar-refractivity contribution is 9.10. The number of hydrogen-bond donors (Lipinski definition) is 1. The number of anilines is 2. The smallest absolute Gasteiger partial charge is 0.288 e. The number of aromatic nitrogens is 1. The van der Waals surface area contributed by atoms with Gasteiger partial charge in [-0.3, -0.25) is 14.4 Å². The van der Waals surface area contributed by atoms with Crippen molar-refractivity contribution in [3.63, 3.8) is 0 Å². The van der Waals surface area contributed by atoms with Crippen LogP contribution in [0, 0.1) is 5.82 Å². The fourth-order valence-electron chi connectivity index (χ4n) is 2.53. The van der Waals surface area contributed by atoms with E-state index >= 15 is 0 Å². The van der Waals surface area contributed by atoms with Gasteiger partial charge in [-0.25, -0.2) is 5.06 Å². The van der Waals surface area contributed by atoms with Crippen LogP contribution in [0.3, 0.4) is 0 Å². The van der Waals surface area contributed by atoms with Crippen LogP contribution in [0.25, 0.3) is 0 Å². The summed E-state index contributed by atoms with van der Waals surface area (Å²) in [5.41, 5.74) is -0.735. The zero-order valence-electron chi connectivity index (χ0n) is 14.1. The number of hydrogen-bond acceptors (Lipinski definition) is 4. The van der Waals surface area contributed by atoms with Gasteiger partial charge in [0.2, 0.25) is 5.82 Å². The van der Waals surface area contributed by atoms with Crippen molar-refractivity contribution in [1.29, 1.82) is 0 Å². The largest absolute Gasteiger partial charge is 0.351 e. The molecule has 1 saturated carbocycles. The summed E-state index contributed by atoms with van der Waals surface area (Å²) in [7, 11) is 2.76. The lowest BCUT2D eigenvalue weighted by Gasteiger charge is -2.22. The highest BCUT2D eigenvalue weighted by atomic mass is 79.9. The number of aryl methyl sites for hydroxylation is 1. The molecule has 2 aromatic rings. The van der Waals surface area contributed by atoms with E-state index < -0.39 is 17.3 Å². The monoisotopic (exact) mass is 443 g/mol. The predicted octanol–water partition coefficient (Wildman–Crippen LogP) is 3.85. The highest BCUT2D eigenvalue weighted by Crippen LogP contribution is 2.33. The van der Waals surface area contributed by atoms with Crippen molar-refractivity contribution in [2.24, 2.45) is 7.05 Å². The molecule has 9 heteroatoms. The molecule has 0 saturated heterocycles. The topological polar surface area (TPSA) is 63.6 Å². The Bertz CT molecular complexity index is 930. The van der Waals surface area contributed by atoms with Gasteiger partial charge in [0.1, 0.15) is 0 Å². The Labute approximate surface area is 162 Å². The first kappa shape index (κ1) is 18.9. The standard InChI is InChI=1S/C17H16BrClFN3O3/c1-22-8-11(16(24)23(26-2)10-4-5-10)15(14(20)17(22)25)21-13-6-3-9(18)7-12(13)19/h3,6-8,10,21H,4-5H2,1-2H3. The van der Waals surface area contributed by atoms with E-state index in [0.29, 0.717) is 10.7 Å². The Balaban J connectivity index is 2.09. The summed E-state index contributed by atoms with van der Waals surface area (Å²) in [5.74, 6) is -1.59. The Hall–Kier alpha value is -1.90. The zero-order chi connectivity index (χ0) is 19.0. The van der Waals surface area contributed by atoms with E-state index in [1.165, 1.54) is 25.4 Å². The van der Waals surface area contributed by atoms with E-state index in [0.717, 1.165) is 21.9 Å². The van der Waals surface area contributed by atoms with Crippen LogP contribution in [-0.4, -0.2) is 28.7 Å². The number of carbonyl (C=O) groups excluding carboxylic acids is 1. The molecule has 1 heterocycles. The molecular formula is C17H16BrClFN3O3. The van der Waals surface area contributed by atoms with E-state index in [2.05, 4.69) is 21.2 Å². The van der Waals surface area contributed by atoms with Gasteiger partial charge in [-0.2, -0.15) is 4.39 Å². The van der Waals surface area contributed by atoms with Crippen LogP contribution < -0.4 is 10.9 Å². The van der Waals surface area contributed by atoms with Gasteiger partial charge < -0.3 is 9.88 Å². The minimum absolute atomic E-state index is 0.0164. The van der Waals surface area contributed by atoms with Gasteiger partial charge in [-0.15, -0.1) is 0 Å². The molecule has 1 aromatic carbocycles. The minimum atomic E-state index is -1.07. The molecule has 138 valence electrons. The Morgan fingerprint density at radius 3 is 2.73 bits per heavy atom. The molecule has 3 rings (SSSR count). The fourth-order valence-corrected chi connectivity index (χ4v) is 3.25. The Morgan fingerprint density at radius 1 is 1.46 bits per heavy atom. The lowest BCUT2D eigenvalue weighted by molar-refractivity contribution is -0.101. The van der Waals surface area contributed by atoms with E-state index in [-0.39, 0.29) is 17.3 Å². The van der Waals surface area contributed by atoms with Crippen molar-refractivity contribution in [2.45, 2.75) is 18.9 Å². The quantitative estimate of drug-likeness (QED) is 0.712. The maximum Gasteiger partial charge on any atom is 0.288 e. The Kier molecular flexibility index (Phi) is 5.36. The maximum absolute atomic E-state index is 14.7. The van der Waals surface area contributed by atoms with Gasteiger partial charge in [-0.05, 0) is 31.0 Å². The number of nitrogens with zero attached hydrogens (tertiary/aromatic N) is 2. The number of carbonyl (C=O) groups is 1. The van der Waals surface area contributed by atoms with Gasteiger partial charge in [0.05, 0.1) is 35.1 Å². The van der Waals surface area contributed by atoms with E-state index in [1.54, 1.807) is 18.2 Å². The van der Waals surface area contributed by atoms with Gasteiger partial charge in [0.25, 0.3) is 11.5 Å². The minimum Gasteiger partial charge on any atom is -0.351 e. The molecule has 6 nitrogen and oxygen atoms in total. The van der Waals surface area contributed by atoms with Crippen LogP contribution in [0.1, 0.15) is 23.2 Å². The number of benzene rings is 1. The van der Waals surface area contributed by atoms with Crippen molar-refractivity contribution in [3.05, 3.63) is 55.6 Å². The summed E-state index contributed by atoms with van der Waals surface area (Å²) in [5, 5.41) is 4.29. The molecule has 1 aliphatic carbocycles. The van der Waals surface area contributed by atoms with Gasteiger partial charge >= 0.3 is 0 Å². The molecule has 0 unspecified atom stereocenters. The average molecular weight is 445 g/mol. The normalized spacial score (nSPS) is 13.6. The number of hydroxylamine groups is 2. The summed E-state index contributed by atoms with van der Waals surface area (Å²) >= 11 is 9.46. The predicted molar refractivity (Wildman–Crippen MR) is 100 cm³/mol. The summed E-state index contributed by atoms with van der Waals surface area (Å²) in [6.07, 6.45) is 2.92. The molecule has 0 bridgehead atoms. The highest BCUT2D eigenvalue weighted by Gasteiger charge is 2.35. The summed E-state index contributed by atoms with van der Waals surface area (Å²) in [4.78, 5) is 30.1. The molecular weight excluding hydrogens is 429 g/mol. The molecule has 1 N–H and O–H groups in total. The third-order valence-corrected chi connectivity index (χ3v) is 4.82. The number of rotatable bonds is 5. The molecule has 26 heavy (non-hydrogen) atoms. The third-order valence-electron chi connectivity index (χ3n) is 4.02. The summed E-state index contributed by atoms with van der Waals surface area (Å²) in [6.45, 7) is 0. The number of amides is 1. The second-order valence-corrected chi connectivity index (χ2v) is 7.26. The lowest BCUT2D eigenvalue weighted by atomic mass is 10.2. The fraction of sp³-hybridized carbons (Fsp3) is 0.294. The number of pyridine rings is 1. The van der Waals surface area contributed by atoms with Crippen LogP contribution in [0.15, 0.2) is 33.7 Å². The average Bonchev–Trinajstić information content (AvgIpc) is 3.42. The van der Waals surface area contributed by atoms with Crippen LogP contribution in [0.4, 0.5) is 15.8 Å². The SMILES string of the molecule is CON(C(=O)c1cn(C)c(=O)c(F)c1Nc1ccc(Br)cc1Cl)C1CC1. The van der Waals surface area contributed by atoms with Crippen LogP contribution in [-0.2, 0) is 11.9 Å². The zero-order valence-corrected chi connectivity index (χ0v) is 16.4. The maximum atomic E-state index is 14.7. The first-order valence-electron chi connectivity index (χ1n) is 7.82. The van der Waals surface area contributed by atoms with Gasteiger partial charge in [-0.1, -0.05) is 27.5 Å². The first-order valence-corrected chi connectivity index (χ1v) is 8.99. The van der Waals surface area contributed by atoms with Crippen molar-refractivity contribution < 1.29 is 14.0 Å².